The van der Waals surface area contributed by atoms with Gasteiger partial charge in [0.2, 0.25) is 0 Å². The van der Waals surface area contributed by atoms with Crippen LogP contribution in [0.5, 0.6) is 0 Å². The first-order chi connectivity index (χ1) is 6.83. The summed E-state index contributed by atoms with van der Waals surface area (Å²) in [6, 6.07) is 7.99. The van der Waals surface area contributed by atoms with E-state index in [-0.39, 0.29) is 0 Å². The molecule has 3 heteroatoms. The van der Waals surface area contributed by atoms with E-state index in [4.69, 9.17) is 5.73 Å². The van der Waals surface area contributed by atoms with Crippen LogP contribution in [0, 0.1) is 0 Å². The topological polar surface area (TPSA) is 38.9 Å². The summed E-state index contributed by atoms with van der Waals surface area (Å²) in [7, 11) is 0. The molecule has 1 aromatic carbocycles. The summed E-state index contributed by atoms with van der Waals surface area (Å²) in [5.41, 5.74) is 7.86. The number of nitrogens with two attached hydrogens (primary N) is 1. The molecule has 2 N–H and O–H groups in total. The standard InChI is InChI=1S/C11H12N2S/c1-2-14-10-6-5-9-8(11(10)12)4-3-7-13-9/h3-7H,2,12H2,1H3. The van der Waals surface area contributed by atoms with Crippen molar-refractivity contribution in [3.63, 3.8) is 0 Å². The molecule has 0 aliphatic carbocycles. The molecule has 1 heterocycles. The maximum Gasteiger partial charge on any atom is 0.0723 e. The quantitative estimate of drug-likeness (QED) is 0.604. The largest absolute Gasteiger partial charge is 0.397 e. The van der Waals surface area contributed by atoms with Gasteiger partial charge in [-0.3, -0.25) is 4.98 Å². The van der Waals surface area contributed by atoms with Crippen molar-refractivity contribution < 1.29 is 0 Å². The molecule has 0 spiro atoms. The van der Waals surface area contributed by atoms with Gasteiger partial charge in [-0.1, -0.05) is 6.92 Å². The fraction of sp³-hybridized carbons (Fsp3) is 0.182. The molecule has 0 saturated heterocycles. The van der Waals surface area contributed by atoms with Gasteiger partial charge in [-0.2, -0.15) is 0 Å². The highest BCUT2D eigenvalue weighted by atomic mass is 32.2. The highest BCUT2D eigenvalue weighted by Crippen LogP contribution is 2.30. The number of nitrogen functional groups attached to an aromatic ring is 1. The Morgan fingerprint density at radius 1 is 1.36 bits per heavy atom. The SMILES string of the molecule is CCSc1ccc2ncccc2c1N. The molecule has 0 radical (unpaired) electrons. The molecule has 2 nitrogen and oxygen atoms in total. The first kappa shape index (κ1) is 9.34. The van der Waals surface area contributed by atoms with E-state index in [9.17, 15) is 0 Å². The Balaban J connectivity index is 2.63. The van der Waals surface area contributed by atoms with Gasteiger partial charge in [0.05, 0.1) is 11.2 Å². The monoisotopic (exact) mass is 204 g/mol. The first-order valence-electron chi connectivity index (χ1n) is 4.59. The second-order valence-electron chi connectivity index (χ2n) is 2.98. The number of fused-ring (bicyclic) bond motifs is 1. The van der Waals surface area contributed by atoms with Crippen LogP contribution in [0.2, 0.25) is 0 Å². The van der Waals surface area contributed by atoms with Gasteiger partial charge < -0.3 is 5.73 Å². The fourth-order valence-electron chi connectivity index (χ4n) is 1.44. The first-order valence-corrected chi connectivity index (χ1v) is 5.57. The number of benzene rings is 1. The third-order valence-corrected chi connectivity index (χ3v) is 3.04. The van der Waals surface area contributed by atoms with Crippen LogP contribution in [0.3, 0.4) is 0 Å². The highest BCUT2D eigenvalue weighted by Gasteiger charge is 2.03. The molecule has 1 aromatic heterocycles. The summed E-state index contributed by atoms with van der Waals surface area (Å²) in [4.78, 5) is 5.40. The van der Waals surface area contributed by atoms with Crippen molar-refractivity contribution >= 4 is 28.4 Å². The normalized spacial score (nSPS) is 10.6. The van der Waals surface area contributed by atoms with Crippen LogP contribution in [0.25, 0.3) is 10.9 Å². The zero-order chi connectivity index (χ0) is 9.97. The van der Waals surface area contributed by atoms with Crippen LogP contribution in [0.15, 0.2) is 35.4 Å². The summed E-state index contributed by atoms with van der Waals surface area (Å²) in [6.45, 7) is 2.12. The number of thioether (sulfide) groups is 1. The number of hydrogen-bond acceptors (Lipinski definition) is 3. The highest BCUT2D eigenvalue weighted by molar-refractivity contribution is 7.99. The summed E-state index contributed by atoms with van der Waals surface area (Å²) >= 11 is 1.76. The third-order valence-electron chi connectivity index (χ3n) is 2.09. The van der Waals surface area contributed by atoms with Crippen LogP contribution in [0.1, 0.15) is 6.92 Å². The fourth-order valence-corrected chi connectivity index (χ4v) is 2.18. The molecule has 0 aliphatic rings. The Morgan fingerprint density at radius 2 is 2.21 bits per heavy atom. The molecule has 0 saturated carbocycles. The van der Waals surface area contributed by atoms with E-state index in [1.165, 1.54) is 0 Å². The molecular formula is C11H12N2S. The maximum atomic E-state index is 6.04. The zero-order valence-electron chi connectivity index (χ0n) is 8.03. The van der Waals surface area contributed by atoms with E-state index in [1.807, 2.05) is 24.3 Å². The van der Waals surface area contributed by atoms with Crippen molar-refractivity contribution in [2.75, 3.05) is 11.5 Å². The lowest BCUT2D eigenvalue weighted by atomic mass is 10.2. The van der Waals surface area contributed by atoms with E-state index in [1.54, 1.807) is 18.0 Å². The predicted octanol–water partition coefficient (Wildman–Crippen LogP) is 2.93. The number of rotatable bonds is 2. The Kier molecular flexibility index (Phi) is 2.59. The van der Waals surface area contributed by atoms with Crippen molar-refractivity contribution in [2.24, 2.45) is 0 Å². The van der Waals surface area contributed by atoms with Crippen molar-refractivity contribution in [1.29, 1.82) is 0 Å². The van der Waals surface area contributed by atoms with Crippen molar-refractivity contribution in [2.45, 2.75) is 11.8 Å². The summed E-state index contributed by atoms with van der Waals surface area (Å²) in [6.07, 6.45) is 1.79. The average Bonchev–Trinajstić information content (AvgIpc) is 2.23. The molecule has 0 unspecified atom stereocenters. The molecule has 72 valence electrons. The predicted molar refractivity (Wildman–Crippen MR) is 62.6 cm³/mol. The molecule has 0 atom stereocenters. The van der Waals surface area contributed by atoms with Crippen LogP contribution >= 0.6 is 11.8 Å². The minimum absolute atomic E-state index is 0.849. The van der Waals surface area contributed by atoms with Gasteiger partial charge in [-0.25, -0.2) is 0 Å². The molecule has 0 aliphatic heterocycles. The van der Waals surface area contributed by atoms with E-state index < -0.39 is 0 Å². The number of hydrogen-bond donors (Lipinski definition) is 1. The van der Waals surface area contributed by atoms with Gasteiger partial charge in [0.25, 0.3) is 0 Å². The molecule has 2 rings (SSSR count). The second-order valence-corrected chi connectivity index (χ2v) is 4.29. The van der Waals surface area contributed by atoms with Crippen molar-refractivity contribution in [3.8, 4) is 0 Å². The van der Waals surface area contributed by atoms with Crippen molar-refractivity contribution in [3.05, 3.63) is 30.5 Å². The number of aromatic nitrogens is 1. The van der Waals surface area contributed by atoms with Gasteiger partial charge in [-0.05, 0) is 30.0 Å². The van der Waals surface area contributed by atoms with Gasteiger partial charge in [0.15, 0.2) is 0 Å². The Bertz CT molecular complexity index is 454. The average molecular weight is 204 g/mol. The smallest absolute Gasteiger partial charge is 0.0723 e. The van der Waals surface area contributed by atoms with Crippen LogP contribution in [0.4, 0.5) is 5.69 Å². The van der Waals surface area contributed by atoms with Crippen LogP contribution in [-0.2, 0) is 0 Å². The summed E-state index contributed by atoms with van der Waals surface area (Å²) < 4.78 is 0. The Labute approximate surface area is 87.5 Å². The van der Waals surface area contributed by atoms with E-state index in [0.717, 1.165) is 27.2 Å². The molecule has 0 bridgehead atoms. The number of nitrogens with zero attached hydrogens (tertiary/aromatic N) is 1. The van der Waals surface area contributed by atoms with Crippen LogP contribution < -0.4 is 5.73 Å². The van der Waals surface area contributed by atoms with E-state index in [0.29, 0.717) is 0 Å². The summed E-state index contributed by atoms with van der Waals surface area (Å²) in [5, 5.41) is 1.05. The Hall–Kier alpha value is -1.22. The molecular weight excluding hydrogens is 192 g/mol. The number of anilines is 1. The lowest BCUT2D eigenvalue weighted by molar-refractivity contribution is 1.38. The third kappa shape index (κ3) is 1.55. The van der Waals surface area contributed by atoms with Gasteiger partial charge in [0.1, 0.15) is 0 Å². The van der Waals surface area contributed by atoms with Crippen LogP contribution in [-0.4, -0.2) is 10.7 Å². The second kappa shape index (κ2) is 3.88. The van der Waals surface area contributed by atoms with Gasteiger partial charge >= 0.3 is 0 Å². The van der Waals surface area contributed by atoms with E-state index >= 15 is 0 Å². The molecule has 0 fully saturated rings. The Morgan fingerprint density at radius 3 is 3.00 bits per heavy atom. The molecule has 2 aromatic rings. The van der Waals surface area contributed by atoms with E-state index in [2.05, 4.69) is 11.9 Å². The molecule has 14 heavy (non-hydrogen) atoms. The maximum absolute atomic E-state index is 6.04. The molecule has 0 amide bonds. The zero-order valence-corrected chi connectivity index (χ0v) is 8.84. The minimum Gasteiger partial charge on any atom is -0.397 e. The lowest BCUT2D eigenvalue weighted by Gasteiger charge is -2.06. The van der Waals surface area contributed by atoms with Crippen molar-refractivity contribution in [1.82, 2.24) is 4.98 Å². The minimum atomic E-state index is 0.849. The number of pyridine rings is 1. The lowest BCUT2D eigenvalue weighted by Crippen LogP contribution is -1.91. The van der Waals surface area contributed by atoms with Gasteiger partial charge in [0, 0.05) is 16.5 Å². The summed E-state index contributed by atoms with van der Waals surface area (Å²) in [5.74, 6) is 1.04. The van der Waals surface area contributed by atoms with Gasteiger partial charge in [-0.15, -0.1) is 11.8 Å².